The lowest BCUT2D eigenvalue weighted by atomic mass is 10.1. The molecule has 0 atom stereocenters. The average Bonchev–Trinajstić information content (AvgIpc) is 2.84. The van der Waals surface area contributed by atoms with E-state index in [1.54, 1.807) is 61.8 Å². The number of hydrogen-bond acceptors (Lipinski definition) is 5. The maximum atomic E-state index is 13.3. The highest BCUT2D eigenvalue weighted by Gasteiger charge is 2.24. The molecule has 0 aliphatic carbocycles. The molecule has 2 aromatic heterocycles. The highest BCUT2D eigenvalue weighted by Crippen LogP contribution is 2.24. The van der Waals surface area contributed by atoms with Crippen molar-refractivity contribution in [2.45, 2.75) is 18.4 Å². The SMILES string of the molecule is CCN(c1ccccc1)S(=O)(=O)c1ccc2[nH]cc(C(=O)NCc3cccnc3)c(=O)c2c1. The summed E-state index contributed by atoms with van der Waals surface area (Å²) in [5.74, 6) is -0.560. The van der Waals surface area contributed by atoms with Crippen molar-refractivity contribution in [2.24, 2.45) is 0 Å². The van der Waals surface area contributed by atoms with Crippen LogP contribution in [0.5, 0.6) is 0 Å². The summed E-state index contributed by atoms with van der Waals surface area (Å²) in [7, 11) is -3.92. The zero-order chi connectivity index (χ0) is 23.4. The molecule has 0 aliphatic heterocycles. The van der Waals surface area contributed by atoms with Gasteiger partial charge in [-0.05, 0) is 48.9 Å². The van der Waals surface area contributed by atoms with Gasteiger partial charge in [0.1, 0.15) is 5.56 Å². The number of carbonyl (C=O) groups is 1. The van der Waals surface area contributed by atoms with Crippen molar-refractivity contribution in [1.29, 1.82) is 0 Å². The number of sulfonamides is 1. The number of aromatic nitrogens is 2. The number of nitrogens with one attached hydrogen (secondary N) is 2. The molecule has 0 aliphatic rings. The highest BCUT2D eigenvalue weighted by molar-refractivity contribution is 7.92. The molecule has 0 fully saturated rings. The first kappa shape index (κ1) is 22.2. The van der Waals surface area contributed by atoms with Crippen molar-refractivity contribution >= 4 is 32.5 Å². The summed E-state index contributed by atoms with van der Waals surface area (Å²) in [6.07, 6.45) is 4.58. The third-order valence-corrected chi connectivity index (χ3v) is 7.09. The van der Waals surface area contributed by atoms with Crippen molar-refractivity contribution in [1.82, 2.24) is 15.3 Å². The lowest BCUT2D eigenvalue weighted by Crippen LogP contribution is -2.31. The maximum Gasteiger partial charge on any atom is 0.264 e. The Hall–Kier alpha value is -3.98. The van der Waals surface area contributed by atoms with Crippen LogP contribution in [0.2, 0.25) is 0 Å². The van der Waals surface area contributed by atoms with E-state index in [0.717, 1.165) is 5.56 Å². The largest absolute Gasteiger partial charge is 0.360 e. The van der Waals surface area contributed by atoms with Crippen molar-refractivity contribution in [3.05, 3.63) is 101 Å². The second-order valence-electron chi connectivity index (χ2n) is 7.29. The number of pyridine rings is 2. The van der Waals surface area contributed by atoms with Gasteiger partial charge in [-0.1, -0.05) is 24.3 Å². The Kier molecular flexibility index (Phi) is 6.23. The number of carbonyl (C=O) groups excluding carboxylic acids is 1. The standard InChI is InChI=1S/C24H22N4O4S/c1-2-28(18-8-4-3-5-9-18)33(31,32)19-10-11-22-20(13-19)23(29)21(16-26-22)24(30)27-15-17-7-6-12-25-14-17/h3-14,16H,2,15H2,1H3,(H,26,29)(H,27,30). The number of hydrogen-bond donors (Lipinski definition) is 2. The van der Waals surface area contributed by atoms with Crippen molar-refractivity contribution in [2.75, 3.05) is 10.8 Å². The van der Waals surface area contributed by atoms with Crippen LogP contribution in [-0.2, 0) is 16.6 Å². The third kappa shape index (κ3) is 4.49. The molecule has 1 amide bonds. The fourth-order valence-corrected chi connectivity index (χ4v) is 5.02. The molecule has 0 unspecified atom stereocenters. The van der Waals surface area contributed by atoms with Crippen LogP contribution in [0, 0.1) is 0 Å². The minimum absolute atomic E-state index is 0.0286. The Balaban J connectivity index is 1.69. The van der Waals surface area contributed by atoms with Crippen LogP contribution in [0.15, 0.2) is 88.9 Å². The summed E-state index contributed by atoms with van der Waals surface area (Å²) in [6, 6.07) is 16.6. The number of anilines is 1. The van der Waals surface area contributed by atoms with Crippen LogP contribution in [0.3, 0.4) is 0 Å². The van der Waals surface area contributed by atoms with Gasteiger partial charge in [-0.25, -0.2) is 8.42 Å². The molecule has 4 rings (SSSR count). The normalized spacial score (nSPS) is 11.3. The molecule has 9 heteroatoms. The molecule has 2 N–H and O–H groups in total. The number of fused-ring (bicyclic) bond motifs is 1. The van der Waals surface area contributed by atoms with Gasteiger partial charge in [0.05, 0.1) is 10.6 Å². The molecule has 0 spiro atoms. The van der Waals surface area contributed by atoms with Gasteiger partial charge in [0, 0.05) is 42.6 Å². The molecular weight excluding hydrogens is 440 g/mol. The number of para-hydroxylation sites is 1. The summed E-state index contributed by atoms with van der Waals surface area (Å²) >= 11 is 0. The van der Waals surface area contributed by atoms with Gasteiger partial charge < -0.3 is 10.3 Å². The van der Waals surface area contributed by atoms with E-state index in [4.69, 9.17) is 0 Å². The predicted octanol–water partition coefficient (Wildman–Crippen LogP) is 3.07. The first-order valence-corrected chi connectivity index (χ1v) is 11.8. The minimum Gasteiger partial charge on any atom is -0.360 e. The van der Waals surface area contributed by atoms with Crippen LogP contribution >= 0.6 is 0 Å². The van der Waals surface area contributed by atoms with Gasteiger partial charge in [-0.2, -0.15) is 0 Å². The summed E-state index contributed by atoms with van der Waals surface area (Å²) < 4.78 is 27.9. The van der Waals surface area contributed by atoms with Crippen LogP contribution < -0.4 is 15.1 Å². The van der Waals surface area contributed by atoms with E-state index < -0.39 is 21.4 Å². The second-order valence-corrected chi connectivity index (χ2v) is 9.15. The fraction of sp³-hybridized carbons (Fsp3) is 0.125. The molecule has 33 heavy (non-hydrogen) atoms. The minimum atomic E-state index is -3.92. The molecule has 0 saturated heterocycles. The zero-order valence-electron chi connectivity index (χ0n) is 17.9. The van der Waals surface area contributed by atoms with E-state index in [-0.39, 0.29) is 28.9 Å². The van der Waals surface area contributed by atoms with Crippen molar-refractivity contribution in [3.63, 3.8) is 0 Å². The molecule has 0 saturated carbocycles. The van der Waals surface area contributed by atoms with Crippen LogP contribution in [0.1, 0.15) is 22.8 Å². The smallest absolute Gasteiger partial charge is 0.264 e. The van der Waals surface area contributed by atoms with E-state index in [1.807, 2.05) is 0 Å². The zero-order valence-corrected chi connectivity index (χ0v) is 18.7. The van der Waals surface area contributed by atoms with E-state index >= 15 is 0 Å². The van der Waals surface area contributed by atoms with E-state index in [0.29, 0.717) is 11.2 Å². The lowest BCUT2D eigenvalue weighted by molar-refractivity contribution is 0.0949. The average molecular weight is 463 g/mol. The van der Waals surface area contributed by atoms with Crippen molar-refractivity contribution < 1.29 is 13.2 Å². The molecular formula is C24H22N4O4S. The van der Waals surface area contributed by atoms with Gasteiger partial charge in [0.2, 0.25) is 5.43 Å². The first-order chi connectivity index (χ1) is 15.9. The molecule has 0 radical (unpaired) electrons. The second kappa shape index (κ2) is 9.25. The van der Waals surface area contributed by atoms with E-state index in [9.17, 15) is 18.0 Å². The third-order valence-electron chi connectivity index (χ3n) is 5.19. The van der Waals surface area contributed by atoms with Crippen LogP contribution in [0.25, 0.3) is 10.9 Å². The highest BCUT2D eigenvalue weighted by atomic mass is 32.2. The maximum absolute atomic E-state index is 13.3. The van der Waals surface area contributed by atoms with Gasteiger partial charge in [-0.15, -0.1) is 0 Å². The van der Waals surface area contributed by atoms with Crippen molar-refractivity contribution in [3.8, 4) is 0 Å². The lowest BCUT2D eigenvalue weighted by Gasteiger charge is -2.23. The molecule has 2 aromatic carbocycles. The number of amides is 1. The van der Waals surface area contributed by atoms with Crippen LogP contribution in [0.4, 0.5) is 5.69 Å². The van der Waals surface area contributed by atoms with Gasteiger partial charge >= 0.3 is 0 Å². The van der Waals surface area contributed by atoms with Crippen LogP contribution in [-0.4, -0.2) is 30.8 Å². The Morgan fingerprint density at radius 2 is 1.88 bits per heavy atom. The molecule has 4 aromatic rings. The summed E-state index contributed by atoms with van der Waals surface area (Å²) in [6.45, 7) is 2.17. The Labute approximate surface area is 191 Å². The Morgan fingerprint density at radius 3 is 2.58 bits per heavy atom. The molecule has 0 bridgehead atoms. The number of rotatable bonds is 7. The summed E-state index contributed by atoms with van der Waals surface area (Å²) in [4.78, 5) is 32.6. The summed E-state index contributed by atoms with van der Waals surface area (Å²) in [5, 5.41) is 2.81. The molecule has 2 heterocycles. The van der Waals surface area contributed by atoms with Gasteiger partial charge in [0.25, 0.3) is 15.9 Å². The number of aromatic amines is 1. The van der Waals surface area contributed by atoms with E-state index in [1.165, 1.54) is 28.7 Å². The quantitative estimate of drug-likeness (QED) is 0.438. The number of benzene rings is 2. The predicted molar refractivity (Wildman–Crippen MR) is 127 cm³/mol. The fourth-order valence-electron chi connectivity index (χ4n) is 3.52. The topological polar surface area (TPSA) is 112 Å². The molecule has 168 valence electrons. The summed E-state index contributed by atoms with van der Waals surface area (Å²) in [5.41, 5.74) is 1.10. The Bertz CT molecular complexity index is 1450. The van der Waals surface area contributed by atoms with Gasteiger partial charge in [-0.3, -0.25) is 18.9 Å². The number of nitrogens with zero attached hydrogens (tertiary/aromatic N) is 2. The Morgan fingerprint density at radius 1 is 1.09 bits per heavy atom. The monoisotopic (exact) mass is 462 g/mol. The molecule has 8 nitrogen and oxygen atoms in total. The first-order valence-electron chi connectivity index (χ1n) is 10.3. The van der Waals surface area contributed by atoms with Gasteiger partial charge in [0.15, 0.2) is 0 Å². The van der Waals surface area contributed by atoms with E-state index in [2.05, 4.69) is 15.3 Å². The number of H-pyrrole nitrogens is 1.